The number of hydrogen-bond donors (Lipinski definition) is 2. The number of carboxylic acids is 1. The predicted molar refractivity (Wildman–Crippen MR) is 60.7 cm³/mol. The zero-order valence-electron chi connectivity index (χ0n) is 7.61. The molecule has 1 aromatic rings. The number of hydrogen-bond acceptors (Lipinski definition) is 2. The molecule has 0 saturated heterocycles. The fraction of sp³-hybridized carbons (Fsp3) is 0.222. The molecular weight excluding hydrogens is 288 g/mol. The van der Waals surface area contributed by atoms with Crippen LogP contribution in [0.2, 0.25) is 0 Å². The number of halogens is 3. The van der Waals surface area contributed by atoms with E-state index < -0.39 is 12.0 Å². The molecule has 84 valence electrons. The van der Waals surface area contributed by atoms with Gasteiger partial charge in [-0.25, -0.2) is 4.39 Å². The Labute approximate surface area is 101 Å². The molecule has 0 heterocycles. The Morgan fingerprint density at radius 2 is 2.20 bits per heavy atom. The Morgan fingerprint density at radius 3 is 2.67 bits per heavy atom. The summed E-state index contributed by atoms with van der Waals surface area (Å²) in [6.07, 6.45) is 0.189. The van der Waals surface area contributed by atoms with Crippen LogP contribution in [-0.4, -0.2) is 17.1 Å². The molecule has 3 N–H and O–H groups in total. The number of aliphatic carboxylic acids is 1. The summed E-state index contributed by atoms with van der Waals surface area (Å²) in [5.74, 6) is -1.44. The van der Waals surface area contributed by atoms with E-state index in [2.05, 4.69) is 15.9 Å². The number of benzene rings is 1. The second kappa shape index (κ2) is 6.05. The molecule has 3 nitrogen and oxygen atoms in total. The minimum Gasteiger partial charge on any atom is -0.480 e. The zero-order valence-corrected chi connectivity index (χ0v) is 10.0. The van der Waals surface area contributed by atoms with E-state index in [9.17, 15) is 9.18 Å². The van der Waals surface area contributed by atoms with E-state index in [4.69, 9.17) is 10.8 Å². The standard InChI is InChI=1S/C9H9BrFNO2.ClH/c10-6-3-5(1-2-7(6)11)4-8(12)9(13)14;/h1-3,8H,4,12H2,(H,13,14);1H/t8-;/m0./s1. The third kappa shape index (κ3) is 4.15. The summed E-state index contributed by atoms with van der Waals surface area (Å²) in [6.45, 7) is 0. The van der Waals surface area contributed by atoms with Crippen LogP contribution in [-0.2, 0) is 11.2 Å². The molecule has 0 amide bonds. The van der Waals surface area contributed by atoms with Gasteiger partial charge in [0.2, 0.25) is 0 Å². The van der Waals surface area contributed by atoms with E-state index in [1.165, 1.54) is 18.2 Å². The van der Waals surface area contributed by atoms with E-state index in [0.29, 0.717) is 10.0 Å². The topological polar surface area (TPSA) is 63.3 Å². The highest BCUT2D eigenvalue weighted by Crippen LogP contribution is 2.17. The van der Waals surface area contributed by atoms with Gasteiger partial charge in [0.25, 0.3) is 0 Å². The van der Waals surface area contributed by atoms with Crippen LogP contribution >= 0.6 is 28.3 Å². The Hall–Kier alpha value is -0.650. The molecular formula is C9H10BrClFNO2. The summed E-state index contributed by atoms with van der Waals surface area (Å²) in [5, 5.41) is 8.56. The van der Waals surface area contributed by atoms with E-state index >= 15 is 0 Å². The van der Waals surface area contributed by atoms with E-state index in [1.54, 1.807) is 0 Å². The summed E-state index contributed by atoms with van der Waals surface area (Å²) in [6, 6.07) is 3.36. The van der Waals surface area contributed by atoms with Gasteiger partial charge >= 0.3 is 5.97 Å². The van der Waals surface area contributed by atoms with Crippen molar-refractivity contribution >= 4 is 34.3 Å². The summed E-state index contributed by atoms with van der Waals surface area (Å²) >= 11 is 3.01. The van der Waals surface area contributed by atoms with Crippen molar-refractivity contribution in [2.24, 2.45) is 5.73 Å². The van der Waals surface area contributed by atoms with Crippen molar-refractivity contribution in [2.45, 2.75) is 12.5 Å². The Balaban J connectivity index is 0.00000196. The highest BCUT2D eigenvalue weighted by molar-refractivity contribution is 9.10. The monoisotopic (exact) mass is 297 g/mol. The Morgan fingerprint density at radius 1 is 1.60 bits per heavy atom. The van der Waals surface area contributed by atoms with E-state index in [1.807, 2.05) is 0 Å². The molecule has 0 fully saturated rings. The smallest absolute Gasteiger partial charge is 0.320 e. The molecule has 1 atom stereocenters. The minimum absolute atomic E-state index is 0. The average molecular weight is 299 g/mol. The number of carbonyl (C=O) groups is 1. The van der Waals surface area contributed by atoms with Gasteiger partial charge < -0.3 is 10.8 Å². The highest BCUT2D eigenvalue weighted by Gasteiger charge is 2.12. The van der Waals surface area contributed by atoms with Gasteiger partial charge in [-0.15, -0.1) is 12.4 Å². The fourth-order valence-electron chi connectivity index (χ4n) is 1.01. The van der Waals surface area contributed by atoms with Crippen molar-refractivity contribution < 1.29 is 14.3 Å². The average Bonchev–Trinajstić information content (AvgIpc) is 2.11. The number of nitrogens with two attached hydrogens (primary N) is 1. The molecule has 1 rings (SSSR count). The molecule has 0 bridgehead atoms. The lowest BCUT2D eigenvalue weighted by atomic mass is 10.1. The van der Waals surface area contributed by atoms with E-state index in [0.717, 1.165) is 0 Å². The maximum Gasteiger partial charge on any atom is 0.320 e. The molecule has 15 heavy (non-hydrogen) atoms. The lowest BCUT2D eigenvalue weighted by molar-refractivity contribution is -0.138. The van der Waals surface area contributed by atoms with Gasteiger partial charge in [-0.3, -0.25) is 4.79 Å². The largest absolute Gasteiger partial charge is 0.480 e. The molecule has 0 aliphatic carbocycles. The van der Waals surface area contributed by atoms with Crippen molar-refractivity contribution in [3.8, 4) is 0 Å². The lowest BCUT2D eigenvalue weighted by Crippen LogP contribution is -2.32. The predicted octanol–water partition coefficient (Wildman–Crippen LogP) is 1.96. The maximum absolute atomic E-state index is 12.8. The first-order chi connectivity index (χ1) is 6.50. The third-order valence-electron chi connectivity index (χ3n) is 1.76. The molecule has 0 spiro atoms. The minimum atomic E-state index is -1.06. The van der Waals surface area contributed by atoms with Gasteiger partial charge in [-0.2, -0.15) is 0 Å². The number of rotatable bonds is 3. The van der Waals surface area contributed by atoms with Crippen molar-refractivity contribution in [2.75, 3.05) is 0 Å². The Kier molecular flexibility index (Phi) is 5.79. The summed E-state index contributed by atoms with van der Waals surface area (Å²) in [4.78, 5) is 10.4. The lowest BCUT2D eigenvalue weighted by Gasteiger charge is -2.06. The van der Waals surface area contributed by atoms with Crippen molar-refractivity contribution in [1.29, 1.82) is 0 Å². The third-order valence-corrected chi connectivity index (χ3v) is 2.36. The van der Waals surface area contributed by atoms with Crippen LogP contribution in [0, 0.1) is 5.82 Å². The molecule has 0 aromatic heterocycles. The summed E-state index contributed by atoms with van der Waals surface area (Å²) in [7, 11) is 0. The van der Waals surface area contributed by atoms with Crippen LogP contribution in [0.15, 0.2) is 22.7 Å². The maximum atomic E-state index is 12.8. The zero-order chi connectivity index (χ0) is 10.7. The molecule has 0 radical (unpaired) electrons. The van der Waals surface area contributed by atoms with Gasteiger partial charge in [-0.1, -0.05) is 6.07 Å². The normalized spacial score (nSPS) is 11.7. The fourth-order valence-corrected chi connectivity index (χ4v) is 1.43. The first-order valence-corrected chi connectivity index (χ1v) is 4.72. The van der Waals surface area contributed by atoms with Crippen LogP contribution in [0.1, 0.15) is 5.56 Å². The molecule has 0 aliphatic heterocycles. The van der Waals surface area contributed by atoms with Gasteiger partial charge in [0.05, 0.1) is 4.47 Å². The molecule has 0 unspecified atom stereocenters. The van der Waals surface area contributed by atoms with Gasteiger partial charge in [0, 0.05) is 0 Å². The van der Waals surface area contributed by atoms with Crippen LogP contribution < -0.4 is 5.73 Å². The number of carboxylic acid groups (broad SMARTS) is 1. The van der Waals surface area contributed by atoms with Gasteiger partial charge in [0.15, 0.2) is 0 Å². The first-order valence-electron chi connectivity index (χ1n) is 3.93. The van der Waals surface area contributed by atoms with E-state index in [-0.39, 0.29) is 24.6 Å². The summed E-state index contributed by atoms with van der Waals surface area (Å²) in [5.41, 5.74) is 6.02. The molecule has 0 saturated carbocycles. The summed E-state index contributed by atoms with van der Waals surface area (Å²) < 4.78 is 13.1. The second-order valence-corrected chi connectivity index (χ2v) is 3.75. The quantitative estimate of drug-likeness (QED) is 0.896. The van der Waals surface area contributed by atoms with Crippen molar-refractivity contribution in [3.05, 3.63) is 34.1 Å². The van der Waals surface area contributed by atoms with Crippen LogP contribution in [0.3, 0.4) is 0 Å². The highest BCUT2D eigenvalue weighted by atomic mass is 79.9. The van der Waals surface area contributed by atoms with Crippen LogP contribution in [0.25, 0.3) is 0 Å². The van der Waals surface area contributed by atoms with Gasteiger partial charge in [0.1, 0.15) is 11.9 Å². The van der Waals surface area contributed by atoms with Crippen molar-refractivity contribution in [3.63, 3.8) is 0 Å². The Bertz CT molecular complexity index is 362. The SMILES string of the molecule is Cl.N[C@@H](Cc1ccc(F)c(Br)c1)C(=O)O. The second-order valence-electron chi connectivity index (χ2n) is 2.90. The molecule has 6 heteroatoms. The van der Waals surface area contributed by atoms with Crippen molar-refractivity contribution in [1.82, 2.24) is 0 Å². The molecule has 0 aliphatic rings. The van der Waals surface area contributed by atoms with Crippen LogP contribution in [0.4, 0.5) is 4.39 Å². The van der Waals surface area contributed by atoms with Gasteiger partial charge in [-0.05, 0) is 40.0 Å². The molecule has 1 aromatic carbocycles. The first kappa shape index (κ1) is 14.3. The van der Waals surface area contributed by atoms with Crippen LogP contribution in [0.5, 0.6) is 0 Å².